The van der Waals surface area contributed by atoms with Crippen LogP contribution in [0, 0.1) is 6.92 Å². The van der Waals surface area contributed by atoms with Gasteiger partial charge in [0, 0.05) is 25.2 Å². The van der Waals surface area contributed by atoms with E-state index in [2.05, 4.69) is 10.3 Å². The number of nitrogen functional groups attached to an aromatic ring is 1. The molecule has 4 rings (SSSR count). The number of fused-ring (bicyclic) bond motifs is 1. The van der Waals surface area contributed by atoms with Crippen LogP contribution >= 0.6 is 0 Å². The van der Waals surface area contributed by atoms with Crippen molar-refractivity contribution in [2.24, 2.45) is 0 Å². The lowest BCUT2D eigenvalue weighted by atomic mass is 10.0. The number of nitrogens with two attached hydrogens (primary N) is 1. The number of aromatic nitrogens is 1. The maximum absolute atomic E-state index is 13.2. The molecule has 2 heterocycles. The van der Waals surface area contributed by atoms with E-state index in [9.17, 15) is 9.59 Å². The van der Waals surface area contributed by atoms with Crippen molar-refractivity contribution in [3.8, 4) is 11.5 Å². The van der Waals surface area contributed by atoms with Crippen LogP contribution in [0.15, 0.2) is 48.5 Å². The van der Waals surface area contributed by atoms with Gasteiger partial charge in [-0.15, -0.1) is 0 Å². The number of benzene rings is 2. The number of ether oxygens (including phenoxy) is 2. The van der Waals surface area contributed by atoms with Crippen LogP contribution in [0.4, 0.5) is 11.5 Å². The molecule has 0 saturated carbocycles. The Labute approximate surface area is 192 Å². The summed E-state index contributed by atoms with van der Waals surface area (Å²) in [5.41, 5.74) is 9.89. The van der Waals surface area contributed by atoms with Crippen LogP contribution < -0.4 is 20.5 Å². The zero-order valence-corrected chi connectivity index (χ0v) is 18.8. The number of methoxy groups -OCH3 is 2. The molecule has 0 bridgehead atoms. The second-order valence-corrected chi connectivity index (χ2v) is 7.81. The first-order valence-electron chi connectivity index (χ1n) is 10.6. The van der Waals surface area contributed by atoms with Gasteiger partial charge >= 0.3 is 0 Å². The number of nitrogens with one attached hydrogen (secondary N) is 1. The van der Waals surface area contributed by atoms with Crippen molar-refractivity contribution in [1.29, 1.82) is 0 Å². The molecule has 0 radical (unpaired) electrons. The summed E-state index contributed by atoms with van der Waals surface area (Å²) >= 11 is 0. The summed E-state index contributed by atoms with van der Waals surface area (Å²) < 4.78 is 10.8. The third kappa shape index (κ3) is 4.32. The Balaban J connectivity index is 1.59. The molecule has 1 aliphatic heterocycles. The Morgan fingerprint density at radius 1 is 1.06 bits per heavy atom. The number of aryl methyl sites for hydroxylation is 1. The van der Waals surface area contributed by atoms with Crippen LogP contribution in [-0.4, -0.2) is 42.5 Å². The minimum Gasteiger partial charge on any atom is -0.496 e. The summed E-state index contributed by atoms with van der Waals surface area (Å²) in [6.45, 7) is 2.73. The predicted octanol–water partition coefficient (Wildman–Crippen LogP) is 3.44. The summed E-state index contributed by atoms with van der Waals surface area (Å²) in [4.78, 5) is 32.4. The fourth-order valence-corrected chi connectivity index (χ4v) is 4.04. The fraction of sp³-hybridized carbons (Fsp3) is 0.240. The fourth-order valence-electron chi connectivity index (χ4n) is 4.04. The second-order valence-electron chi connectivity index (χ2n) is 7.81. The molecule has 0 atom stereocenters. The van der Waals surface area contributed by atoms with E-state index in [0.717, 1.165) is 16.8 Å². The number of pyridine rings is 1. The molecule has 2 aromatic carbocycles. The van der Waals surface area contributed by atoms with Crippen LogP contribution in [0.5, 0.6) is 11.5 Å². The standard InChI is InChI=1S/C25H26N4O4/c1-15-7-6-8-17(22(15)33-3)25(31)29-12-11-19-16(14-29)13-18(23(26)27-19)24(30)28-20-9-4-5-10-21(20)32-2/h4-10,13H,11-12,14H2,1-3H3,(H2,26,27)(H,28,30). The molecule has 1 aromatic heterocycles. The number of carbonyl (C=O) groups is 2. The van der Waals surface area contributed by atoms with Crippen LogP contribution in [0.1, 0.15) is 37.5 Å². The van der Waals surface area contributed by atoms with Crippen LogP contribution in [-0.2, 0) is 13.0 Å². The molecule has 1 aliphatic rings. The Morgan fingerprint density at radius 2 is 1.85 bits per heavy atom. The summed E-state index contributed by atoms with van der Waals surface area (Å²) in [6, 6.07) is 14.3. The van der Waals surface area contributed by atoms with Gasteiger partial charge in [-0.1, -0.05) is 24.3 Å². The van der Waals surface area contributed by atoms with E-state index < -0.39 is 5.91 Å². The van der Waals surface area contributed by atoms with Gasteiger partial charge < -0.3 is 25.4 Å². The molecule has 8 nitrogen and oxygen atoms in total. The maximum Gasteiger partial charge on any atom is 0.259 e. The number of rotatable bonds is 5. The highest BCUT2D eigenvalue weighted by molar-refractivity contribution is 6.08. The van der Waals surface area contributed by atoms with Crippen molar-refractivity contribution >= 4 is 23.3 Å². The molecular formula is C25H26N4O4. The van der Waals surface area contributed by atoms with E-state index in [0.29, 0.717) is 42.3 Å². The Morgan fingerprint density at radius 3 is 2.61 bits per heavy atom. The normalized spacial score (nSPS) is 12.6. The number of hydrogen-bond donors (Lipinski definition) is 2. The van der Waals surface area contributed by atoms with E-state index in [1.54, 1.807) is 42.3 Å². The maximum atomic E-state index is 13.2. The predicted molar refractivity (Wildman–Crippen MR) is 126 cm³/mol. The van der Waals surface area contributed by atoms with Gasteiger partial charge in [0.2, 0.25) is 0 Å². The highest BCUT2D eigenvalue weighted by Gasteiger charge is 2.27. The summed E-state index contributed by atoms with van der Waals surface area (Å²) in [6.07, 6.45) is 0.549. The highest BCUT2D eigenvalue weighted by atomic mass is 16.5. The van der Waals surface area contributed by atoms with Gasteiger partial charge in [-0.2, -0.15) is 0 Å². The summed E-state index contributed by atoms with van der Waals surface area (Å²) in [7, 11) is 3.10. The van der Waals surface area contributed by atoms with Gasteiger partial charge in [0.25, 0.3) is 11.8 Å². The molecule has 2 amide bonds. The molecule has 0 spiro atoms. The minimum absolute atomic E-state index is 0.127. The van der Waals surface area contributed by atoms with E-state index in [1.807, 2.05) is 25.1 Å². The number of anilines is 2. The molecule has 0 saturated heterocycles. The lowest BCUT2D eigenvalue weighted by Gasteiger charge is -2.29. The van der Waals surface area contributed by atoms with Crippen LogP contribution in [0.2, 0.25) is 0 Å². The van der Waals surface area contributed by atoms with Crippen molar-refractivity contribution in [2.45, 2.75) is 19.9 Å². The van der Waals surface area contributed by atoms with Crippen molar-refractivity contribution in [2.75, 3.05) is 31.8 Å². The average molecular weight is 447 g/mol. The second kappa shape index (κ2) is 9.20. The Bertz CT molecular complexity index is 1230. The Kier molecular flexibility index (Phi) is 6.17. The van der Waals surface area contributed by atoms with Crippen molar-refractivity contribution < 1.29 is 19.1 Å². The number of hydrogen-bond acceptors (Lipinski definition) is 6. The van der Waals surface area contributed by atoms with Crippen LogP contribution in [0.25, 0.3) is 0 Å². The summed E-state index contributed by atoms with van der Waals surface area (Å²) in [5.74, 6) is 0.746. The first-order valence-corrected chi connectivity index (χ1v) is 10.6. The number of nitrogens with zero attached hydrogens (tertiary/aromatic N) is 2. The first kappa shape index (κ1) is 22.1. The number of carbonyl (C=O) groups excluding carboxylic acids is 2. The van der Waals surface area contributed by atoms with Gasteiger partial charge in [-0.05, 0) is 42.3 Å². The number of amides is 2. The lowest BCUT2D eigenvalue weighted by Crippen LogP contribution is -2.37. The number of para-hydroxylation sites is 3. The van der Waals surface area contributed by atoms with E-state index in [-0.39, 0.29) is 17.3 Å². The van der Waals surface area contributed by atoms with Gasteiger partial charge in [0.15, 0.2) is 0 Å². The van der Waals surface area contributed by atoms with Gasteiger partial charge in [0.05, 0.1) is 31.0 Å². The Hall–Kier alpha value is -4.07. The molecule has 170 valence electrons. The minimum atomic E-state index is -0.392. The molecule has 33 heavy (non-hydrogen) atoms. The van der Waals surface area contributed by atoms with Gasteiger partial charge in [-0.25, -0.2) is 4.98 Å². The van der Waals surface area contributed by atoms with E-state index in [1.165, 1.54) is 7.11 Å². The van der Waals surface area contributed by atoms with Gasteiger partial charge in [-0.3, -0.25) is 9.59 Å². The summed E-state index contributed by atoms with van der Waals surface area (Å²) in [5, 5.41) is 2.83. The smallest absolute Gasteiger partial charge is 0.259 e. The van der Waals surface area contributed by atoms with Crippen molar-refractivity contribution in [3.05, 3.63) is 76.5 Å². The lowest BCUT2D eigenvalue weighted by molar-refractivity contribution is 0.0730. The molecule has 3 N–H and O–H groups in total. The SMILES string of the molecule is COc1ccccc1NC(=O)c1cc2c(nc1N)CCN(C(=O)c1cccc(C)c1OC)C2. The molecule has 0 aliphatic carbocycles. The quantitative estimate of drug-likeness (QED) is 0.622. The van der Waals surface area contributed by atoms with E-state index >= 15 is 0 Å². The topological polar surface area (TPSA) is 107 Å². The zero-order valence-electron chi connectivity index (χ0n) is 18.8. The first-order chi connectivity index (χ1) is 15.9. The van der Waals surface area contributed by atoms with E-state index in [4.69, 9.17) is 15.2 Å². The van der Waals surface area contributed by atoms with Gasteiger partial charge in [0.1, 0.15) is 17.3 Å². The molecule has 0 fully saturated rings. The largest absolute Gasteiger partial charge is 0.496 e. The highest BCUT2D eigenvalue weighted by Crippen LogP contribution is 2.29. The monoisotopic (exact) mass is 446 g/mol. The average Bonchev–Trinajstić information content (AvgIpc) is 2.83. The third-order valence-electron chi connectivity index (χ3n) is 5.73. The van der Waals surface area contributed by atoms with Crippen molar-refractivity contribution in [1.82, 2.24) is 9.88 Å². The van der Waals surface area contributed by atoms with Crippen LogP contribution in [0.3, 0.4) is 0 Å². The molecular weight excluding hydrogens is 420 g/mol. The molecule has 3 aromatic rings. The molecule has 8 heteroatoms. The zero-order chi connectivity index (χ0) is 23.5. The van der Waals surface area contributed by atoms with Crippen molar-refractivity contribution in [3.63, 3.8) is 0 Å². The molecule has 0 unspecified atom stereocenters. The third-order valence-corrected chi connectivity index (χ3v) is 5.73.